The molecule has 0 aliphatic carbocycles. The second-order valence-electron chi connectivity index (χ2n) is 5.00. The van der Waals surface area contributed by atoms with E-state index in [-0.39, 0.29) is 0 Å². The molecule has 0 bridgehead atoms. The molecule has 0 saturated heterocycles. The van der Waals surface area contributed by atoms with E-state index in [1.807, 2.05) is 54.1 Å². The van der Waals surface area contributed by atoms with Crippen molar-refractivity contribution in [1.29, 1.82) is 0 Å². The molecule has 4 nitrogen and oxygen atoms in total. The highest BCUT2D eigenvalue weighted by Crippen LogP contribution is 2.28. The fraction of sp³-hybridized carbons (Fsp3) is 0.176. The summed E-state index contributed by atoms with van der Waals surface area (Å²) < 4.78 is 7.61. The maximum absolute atomic E-state index is 6.23. The molecule has 124 valence electrons. The van der Waals surface area contributed by atoms with E-state index in [1.54, 1.807) is 17.8 Å². The lowest BCUT2D eigenvalue weighted by atomic mass is 10.2. The van der Waals surface area contributed by atoms with E-state index >= 15 is 0 Å². The molecule has 3 rings (SSSR count). The molecule has 2 aromatic carbocycles. The molecule has 0 N–H and O–H groups in total. The molecular formula is C17H15Cl2N3OS. The zero-order chi connectivity index (χ0) is 16.9. The van der Waals surface area contributed by atoms with Crippen LogP contribution < -0.4 is 4.74 Å². The summed E-state index contributed by atoms with van der Waals surface area (Å²) in [6.45, 7) is 0.555. The third-order valence-corrected chi connectivity index (χ3v) is 4.88. The van der Waals surface area contributed by atoms with Crippen molar-refractivity contribution in [1.82, 2.24) is 14.8 Å². The molecule has 0 unspecified atom stereocenters. The summed E-state index contributed by atoms with van der Waals surface area (Å²) in [6.07, 6.45) is 0. The molecule has 0 amide bonds. The molecule has 0 aliphatic heterocycles. The monoisotopic (exact) mass is 379 g/mol. The van der Waals surface area contributed by atoms with Crippen molar-refractivity contribution in [2.24, 2.45) is 7.05 Å². The number of nitrogens with zero attached hydrogens (tertiary/aromatic N) is 3. The molecular weight excluding hydrogens is 365 g/mol. The summed E-state index contributed by atoms with van der Waals surface area (Å²) in [5.41, 5.74) is 0.871. The number of aromatic nitrogens is 3. The average molecular weight is 380 g/mol. The van der Waals surface area contributed by atoms with Gasteiger partial charge in [0.1, 0.15) is 5.75 Å². The van der Waals surface area contributed by atoms with Crippen LogP contribution in [0.4, 0.5) is 0 Å². The first-order chi connectivity index (χ1) is 11.6. The van der Waals surface area contributed by atoms with Gasteiger partial charge in [0.05, 0.1) is 11.6 Å². The largest absolute Gasteiger partial charge is 0.493 e. The van der Waals surface area contributed by atoms with Crippen LogP contribution in [0.15, 0.2) is 53.7 Å². The van der Waals surface area contributed by atoms with E-state index in [0.29, 0.717) is 16.7 Å². The number of ether oxygens (including phenoxy) is 1. The summed E-state index contributed by atoms with van der Waals surface area (Å²) in [7, 11) is 1.93. The number of benzene rings is 2. The second-order valence-corrected chi connectivity index (χ2v) is 6.91. The van der Waals surface area contributed by atoms with E-state index < -0.39 is 0 Å². The van der Waals surface area contributed by atoms with Gasteiger partial charge in [0.15, 0.2) is 11.0 Å². The lowest BCUT2D eigenvalue weighted by Gasteiger charge is -2.07. The Balaban J connectivity index is 1.60. The third-order valence-electron chi connectivity index (χ3n) is 3.33. The van der Waals surface area contributed by atoms with E-state index in [9.17, 15) is 0 Å². The van der Waals surface area contributed by atoms with Gasteiger partial charge in [-0.05, 0) is 30.3 Å². The Bertz CT molecular complexity index is 838. The van der Waals surface area contributed by atoms with Crippen LogP contribution in [-0.2, 0) is 7.05 Å². The van der Waals surface area contributed by atoms with Crippen LogP contribution in [0.3, 0.4) is 0 Å². The van der Waals surface area contributed by atoms with Crippen LogP contribution in [0.2, 0.25) is 10.0 Å². The predicted octanol–water partition coefficient (Wildman–Crippen LogP) is 4.96. The minimum Gasteiger partial charge on any atom is -0.493 e. The molecule has 24 heavy (non-hydrogen) atoms. The second kappa shape index (κ2) is 7.92. The first-order valence-electron chi connectivity index (χ1n) is 7.30. The number of hydrogen-bond donors (Lipinski definition) is 0. The molecule has 0 radical (unpaired) electrons. The minimum atomic E-state index is 0.555. The van der Waals surface area contributed by atoms with E-state index in [0.717, 1.165) is 28.0 Å². The molecule has 0 atom stereocenters. The Labute approximate surface area is 154 Å². The van der Waals surface area contributed by atoms with Crippen LogP contribution in [0.5, 0.6) is 5.75 Å². The first-order valence-corrected chi connectivity index (χ1v) is 9.05. The first kappa shape index (κ1) is 17.1. The molecule has 3 aromatic rings. The van der Waals surface area contributed by atoms with Gasteiger partial charge in [0.25, 0.3) is 0 Å². The van der Waals surface area contributed by atoms with Crippen LogP contribution in [0.25, 0.3) is 11.4 Å². The van der Waals surface area contributed by atoms with Gasteiger partial charge in [0.2, 0.25) is 0 Å². The van der Waals surface area contributed by atoms with Crippen LogP contribution in [-0.4, -0.2) is 27.1 Å². The van der Waals surface area contributed by atoms with Gasteiger partial charge in [-0.25, -0.2) is 0 Å². The molecule has 0 saturated carbocycles. The van der Waals surface area contributed by atoms with E-state index in [2.05, 4.69) is 10.2 Å². The maximum atomic E-state index is 6.23. The van der Waals surface area contributed by atoms with Crippen LogP contribution >= 0.6 is 35.0 Å². The zero-order valence-corrected chi connectivity index (χ0v) is 15.3. The number of thioether (sulfide) groups is 1. The Morgan fingerprint density at radius 3 is 2.71 bits per heavy atom. The third kappa shape index (κ3) is 4.04. The van der Waals surface area contributed by atoms with Gasteiger partial charge in [-0.3, -0.25) is 0 Å². The van der Waals surface area contributed by atoms with Crippen molar-refractivity contribution in [3.05, 3.63) is 58.6 Å². The zero-order valence-electron chi connectivity index (χ0n) is 12.9. The number of hydrogen-bond acceptors (Lipinski definition) is 4. The number of halogens is 2. The van der Waals surface area contributed by atoms with E-state index in [4.69, 9.17) is 27.9 Å². The van der Waals surface area contributed by atoms with Gasteiger partial charge in [0, 0.05) is 23.4 Å². The summed E-state index contributed by atoms with van der Waals surface area (Å²) >= 11 is 13.7. The molecule has 0 fully saturated rings. The Kier molecular flexibility index (Phi) is 5.66. The van der Waals surface area contributed by atoms with Gasteiger partial charge in [-0.15, -0.1) is 10.2 Å². The van der Waals surface area contributed by atoms with Gasteiger partial charge in [-0.1, -0.05) is 53.2 Å². The average Bonchev–Trinajstić information content (AvgIpc) is 2.93. The summed E-state index contributed by atoms with van der Waals surface area (Å²) in [4.78, 5) is 0. The Morgan fingerprint density at radius 1 is 1.08 bits per heavy atom. The fourth-order valence-electron chi connectivity index (χ4n) is 2.17. The SMILES string of the molecule is Cn1c(SCCOc2cccc(Cl)c2)nnc1-c1ccccc1Cl. The topological polar surface area (TPSA) is 39.9 Å². The lowest BCUT2D eigenvalue weighted by Crippen LogP contribution is -2.02. The minimum absolute atomic E-state index is 0.555. The van der Waals surface area contributed by atoms with Crippen LogP contribution in [0, 0.1) is 0 Å². The molecule has 0 aliphatic rings. The number of rotatable bonds is 6. The highest BCUT2D eigenvalue weighted by Gasteiger charge is 2.13. The van der Waals surface area contributed by atoms with Crippen molar-refractivity contribution in [2.45, 2.75) is 5.16 Å². The lowest BCUT2D eigenvalue weighted by molar-refractivity contribution is 0.344. The Hall–Kier alpha value is -1.69. The quantitative estimate of drug-likeness (QED) is 0.448. The fourth-order valence-corrected chi connectivity index (χ4v) is 3.30. The molecule has 1 heterocycles. The molecule has 0 spiro atoms. The maximum Gasteiger partial charge on any atom is 0.191 e. The van der Waals surface area contributed by atoms with Crippen molar-refractivity contribution in [2.75, 3.05) is 12.4 Å². The Morgan fingerprint density at radius 2 is 1.92 bits per heavy atom. The standard InChI is InChI=1S/C17H15Cl2N3OS/c1-22-16(14-7-2-3-8-15(14)19)20-21-17(22)24-10-9-23-13-6-4-5-12(18)11-13/h2-8,11H,9-10H2,1H3. The van der Waals surface area contributed by atoms with E-state index in [1.165, 1.54) is 0 Å². The van der Waals surface area contributed by atoms with Gasteiger partial charge < -0.3 is 9.30 Å². The summed E-state index contributed by atoms with van der Waals surface area (Å²) in [6, 6.07) is 15.0. The smallest absolute Gasteiger partial charge is 0.191 e. The summed E-state index contributed by atoms with van der Waals surface area (Å²) in [5, 5.41) is 10.6. The van der Waals surface area contributed by atoms with Crippen molar-refractivity contribution in [3.8, 4) is 17.1 Å². The van der Waals surface area contributed by atoms with Crippen molar-refractivity contribution in [3.63, 3.8) is 0 Å². The molecule has 7 heteroatoms. The van der Waals surface area contributed by atoms with Crippen molar-refractivity contribution >= 4 is 35.0 Å². The van der Waals surface area contributed by atoms with Crippen molar-refractivity contribution < 1.29 is 4.74 Å². The van der Waals surface area contributed by atoms with Gasteiger partial charge >= 0.3 is 0 Å². The van der Waals surface area contributed by atoms with Gasteiger partial charge in [-0.2, -0.15) is 0 Å². The van der Waals surface area contributed by atoms with Crippen LogP contribution in [0.1, 0.15) is 0 Å². The highest BCUT2D eigenvalue weighted by molar-refractivity contribution is 7.99. The highest BCUT2D eigenvalue weighted by atomic mass is 35.5. The normalized spacial score (nSPS) is 10.8. The summed E-state index contributed by atoms with van der Waals surface area (Å²) in [5.74, 6) is 2.26. The molecule has 1 aromatic heterocycles. The predicted molar refractivity (Wildman–Crippen MR) is 99.1 cm³/mol.